The van der Waals surface area contributed by atoms with Crippen molar-refractivity contribution < 1.29 is 14.3 Å². The molecular formula is C14H18N2O3. The summed E-state index contributed by atoms with van der Waals surface area (Å²) in [7, 11) is 1.58. The number of anilines is 1. The molecule has 1 atom stereocenters. The fourth-order valence-electron chi connectivity index (χ4n) is 2.20. The second-order valence-electron chi connectivity index (χ2n) is 4.55. The van der Waals surface area contributed by atoms with Crippen LogP contribution in [0.4, 0.5) is 5.69 Å². The van der Waals surface area contributed by atoms with Crippen molar-refractivity contribution in [1.82, 2.24) is 4.90 Å². The van der Waals surface area contributed by atoms with E-state index in [1.807, 2.05) is 19.1 Å². The molecule has 1 unspecified atom stereocenters. The molecule has 5 nitrogen and oxygen atoms in total. The van der Waals surface area contributed by atoms with Gasteiger partial charge in [0.2, 0.25) is 11.8 Å². The molecule has 1 aromatic carbocycles. The molecule has 1 N–H and O–H groups in total. The van der Waals surface area contributed by atoms with Crippen molar-refractivity contribution in [2.75, 3.05) is 25.5 Å². The van der Waals surface area contributed by atoms with E-state index in [1.54, 1.807) is 24.1 Å². The second kappa shape index (κ2) is 5.73. The van der Waals surface area contributed by atoms with Crippen LogP contribution in [0.15, 0.2) is 24.3 Å². The van der Waals surface area contributed by atoms with Gasteiger partial charge in [-0.05, 0) is 19.1 Å². The van der Waals surface area contributed by atoms with Crippen LogP contribution in [0.1, 0.15) is 13.3 Å². The van der Waals surface area contributed by atoms with Gasteiger partial charge in [-0.25, -0.2) is 0 Å². The number of hydrogen-bond donors (Lipinski definition) is 1. The van der Waals surface area contributed by atoms with E-state index in [1.165, 1.54) is 0 Å². The van der Waals surface area contributed by atoms with Crippen LogP contribution < -0.4 is 10.1 Å². The number of carbonyl (C=O) groups is 2. The van der Waals surface area contributed by atoms with Crippen molar-refractivity contribution in [3.05, 3.63) is 24.3 Å². The highest BCUT2D eigenvalue weighted by atomic mass is 16.5. The van der Waals surface area contributed by atoms with Crippen molar-refractivity contribution in [1.29, 1.82) is 0 Å². The molecule has 1 aliphatic heterocycles. The Bertz CT molecular complexity index is 487. The first-order valence-electron chi connectivity index (χ1n) is 6.36. The minimum Gasteiger partial charge on any atom is -0.497 e. The maximum atomic E-state index is 12.1. The van der Waals surface area contributed by atoms with Crippen molar-refractivity contribution in [3.8, 4) is 5.75 Å². The highest BCUT2D eigenvalue weighted by Gasteiger charge is 2.33. The average Bonchev–Trinajstić information content (AvgIpc) is 2.80. The average molecular weight is 262 g/mol. The van der Waals surface area contributed by atoms with E-state index in [-0.39, 0.29) is 17.7 Å². The summed E-state index contributed by atoms with van der Waals surface area (Å²) < 4.78 is 5.10. The van der Waals surface area contributed by atoms with Gasteiger partial charge in [-0.1, -0.05) is 6.07 Å². The van der Waals surface area contributed by atoms with Crippen molar-refractivity contribution in [3.63, 3.8) is 0 Å². The minimum absolute atomic E-state index is 0.0493. The molecule has 0 aliphatic carbocycles. The van der Waals surface area contributed by atoms with Gasteiger partial charge >= 0.3 is 0 Å². The van der Waals surface area contributed by atoms with Crippen molar-refractivity contribution >= 4 is 17.5 Å². The lowest BCUT2D eigenvalue weighted by Crippen LogP contribution is -2.28. The number of likely N-dealkylation sites (tertiary alicyclic amines) is 1. The van der Waals surface area contributed by atoms with E-state index in [9.17, 15) is 9.59 Å². The van der Waals surface area contributed by atoms with Crippen LogP contribution in [0.2, 0.25) is 0 Å². The largest absolute Gasteiger partial charge is 0.497 e. The maximum Gasteiger partial charge on any atom is 0.229 e. The van der Waals surface area contributed by atoms with E-state index in [2.05, 4.69) is 5.32 Å². The van der Waals surface area contributed by atoms with Gasteiger partial charge in [-0.2, -0.15) is 0 Å². The van der Waals surface area contributed by atoms with Gasteiger partial charge in [0.25, 0.3) is 0 Å². The Balaban J connectivity index is 1.99. The highest BCUT2D eigenvalue weighted by Crippen LogP contribution is 2.21. The van der Waals surface area contributed by atoms with Crippen LogP contribution in [0.5, 0.6) is 5.75 Å². The number of methoxy groups -OCH3 is 1. The zero-order valence-electron chi connectivity index (χ0n) is 11.2. The van der Waals surface area contributed by atoms with Crippen LogP contribution in [0.3, 0.4) is 0 Å². The second-order valence-corrected chi connectivity index (χ2v) is 4.55. The molecule has 0 saturated carbocycles. The zero-order chi connectivity index (χ0) is 13.8. The quantitative estimate of drug-likeness (QED) is 0.894. The number of carbonyl (C=O) groups excluding carboxylic acids is 2. The normalized spacial score (nSPS) is 18.5. The first-order valence-corrected chi connectivity index (χ1v) is 6.36. The number of ether oxygens (including phenoxy) is 1. The van der Waals surface area contributed by atoms with Crippen LogP contribution in [0.25, 0.3) is 0 Å². The zero-order valence-corrected chi connectivity index (χ0v) is 11.2. The van der Waals surface area contributed by atoms with E-state index >= 15 is 0 Å². The molecule has 0 aromatic heterocycles. The van der Waals surface area contributed by atoms with E-state index in [0.29, 0.717) is 30.9 Å². The topological polar surface area (TPSA) is 58.6 Å². The van der Waals surface area contributed by atoms with Gasteiger partial charge < -0.3 is 15.0 Å². The molecule has 1 saturated heterocycles. The van der Waals surface area contributed by atoms with Gasteiger partial charge in [0.1, 0.15) is 5.75 Å². The molecule has 2 amide bonds. The summed E-state index contributed by atoms with van der Waals surface area (Å²) in [5.74, 6) is 0.361. The number of nitrogens with zero attached hydrogens (tertiary/aromatic N) is 1. The number of benzene rings is 1. The Morgan fingerprint density at radius 2 is 2.32 bits per heavy atom. The summed E-state index contributed by atoms with van der Waals surface area (Å²) in [6.45, 7) is 3.08. The third kappa shape index (κ3) is 3.05. The highest BCUT2D eigenvalue weighted by molar-refractivity contribution is 5.97. The van der Waals surface area contributed by atoms with Crippen LogP contribution in [-0.2, 0) is 9.59 Å². The van der Waals surface area contributed by atoms with Crippen molar-refractivity contribution in [2.24, 2.45) is 5.92 Å². The van der Waals surface area contributed by atoms with Crippen LogP contribution in [-0.4, -0.2) is 36.9 Å². The van der Waals surface area contributed by atoms with Gasteiger partial charge in [0, 0.05) is 31.3 Å². The Labute approximate surface area is 112 Å². The summed E-state index contributed by atoms with van der Waals surface area (Å²) >= 11 is 0. The fourth-order valence-corrected chi connectivity index (χ4v) is 2.20. The predicted octanol–water partition coefficient (Wildman–Crippen LogP) is 1.50. The van der Waals surface area contributed by atoms with E-state index in [4.69, 9.17) is 4.74 Å². The third-order valence-electron chi connectivity index (χ3n) is 3.30. The van der Waals surface area contributed by atoms with Gasteiger partial charge in [-0.3, -0.25) is 9.59 Å². The molecule has 1 heterocycles. The molecule has 2 rings (SSSR count). The molecule has 1 fully saturated rings. The van der Waals surface area contributed by atoms with E-state index < -0.39 is 0 Å². The number of nitrogens with one attached hydrogen (secondary N) is 1. The Morgan fingerprint density at radius 1 is 1.53 bits per heavy atom. The molecule has 0 radical (unpaired) electrons. The molecule has 1 aliphatic rings. The lowest BCUT2D eigenvalue weighted by Gasteiger charge is -2.13. The molecule has 19 heavy (non-hydrogen) atoms. The summed E-state index contributed by atoms with van der Waals surface area (Å²) in [6.07, 6.45) is 0.295. The standard InChI is InChI=1S/C14H18N2O3/c1-3-16-9-10(7-13(16)17)14(18)15-11-5-4-6-12(8-11)19-2/h4-6,8,10H,3,7,9H2,1-2H3,(H,15,18). The molecule has 1 aromatic rings. The lowest BCUT2D eigenvalue weighted by molar-refractivity contribution is -0.128. The number of hydrogen-bond acceptors (Lipinski definition) is 3. The molecule has 5 heteroatoms. The number of amides is 2. The minimum atomic E-state index is -0.265. The smallest absolute Gasteiger partial charge is 0.229 e. The number of rotatable bonds is 4. The first-order chi connectivity index (χ1) is 9.13. The fraction of sp³-hybridized carbons (Fsp3) is 0.429. The Kier molecular flexibility index (Phi) is 4.04. The first kappa shape index (κ1) is 13.4. The Morgan fingerprint density at radius 3 is 2.95 bits per heavy atom. The maximum absolute atomic E-state index is 12.1. The van der Waals surface area contributed by atoms with Crippen LogP contribution in [0, 0.1) is 5.92 Å². The molecule has 0 spiro atoms. The molecule has 102 valence electrons. The SMILES string of the molecule is CCN1CC(C(=O)Nc2cccc(OC)c2)CC1=O. The van der Waals surface area contributed by atoms with E-state index in [0.717, 1.165) is 0 Å². The van der Waals surface area contributed by atoms with Crippen LogP contribution >= 0.6 is 0 Å². The summed E-state index contributed by atoms with van der Waals surface area (Å²) in [5.41, 5.74) is 0.687. The van der Waals surface area contributed by atoms with Gasteiger partial charge in [0.05, 0.1) is 13.0 Å². The molecular weight excluding hydrogens is 244 g/mol. The predicted molar refractivity (Wildman–Crippen MR) is 72.0 cm³/mol. The summed E-state index contributed by atoms with van der Waals surface area (Å²) in [5, 5.41) is 2.83. The monoisotopic (exact) mass is 262 g/mol. The summed E-state index contributed by atoms with van der Waals surface area (Å²) in [4.78, 5) is 25.4. The molecule has 0 bridgehead atoms. The van der Waals surface area contributed by atoms with Crippen molar-refractivity contribution in [2.45, 2.75) is 13.3 Å². The lowest BCUT2D eigenvalue weighted by atomic mass is 10.1. The van der Waals surface area contributed by atoms with Gasteiger partial charge in [-0.15, -0.1) is 0 Å². The third-order valence-corrected chi connectivity index (χ3v) is 3.30. The van der Waals surface area contributed by atoms with Gasteiger partial charge in [0.15, 0.2) is 0 Å². The Hall–Kier alpha value is -2.04. The summed E-state index contributed by atoms with van der Waals surface area (Å²) in [6, 6.07) is 7.18.